The van der Waals surface area contributed by atoms with Crippen molar-refractivity contribution in [3.05, 3.63) is 46.6 Å². The molecule has 0 bridgehead atoms. The summed E-state index contributed by atoms with van der Waals surface area (Å²) in [6, 6.07) is 7.72. The molecule has 0 amide bonds. The van der Waals surface area contributed by atoms with Crippen LogP contribution in [0.4, 0.5) is 0 Å². The van der Waals surface area contributed by atoms with E-state index in [0.717, 1.165) is 30.2 Å². The maximum Gasteiger partial charge on any atom is 0.240 e. The molecular formula is C17H22ClN3O2. The second-order valence-electron chi connectivity index (χ2n) is 6.06. The highest BCUT2D eigenvalue weighted by Gasteiger charge is 2.17. The van der Waals surface area contributed by atoms with Crippen LogP contribution in [0.3, 0.4) is 0 Å². The van der Waals surface area contributed by atoms with Gasteiger partial charge >= 0.3 is 0 Å². The molecule has 2 aromatic rings. The molecule has 1 aromatic carbocycles. The normalized spacial score (nSPS) is 18.5. The Kier molecular flexibility index (Phi) is 5.65. The van der Waals surface area contributed by atoms with Crippen molar-refractivity contribution in [3.63, 3.8) is 0 Å². The summed E-state index contributed by atoms with van der Waals surface area (Å²) in [4.78, 5) is 6.63. The zero-order chi connectivity index (χ0) is 16.1. The standard InChI is InChI=1S/C17H22ClN3O2/c1-21(11-14-7-4-5-9-22-14)12-17-19-16(20-23-17)10-13-6-2-3-8-15(13)18/h2-3,6,8,14H,4-5,7,9-12H2,1H3. The lowest BCUT2D eigenvalue weighted by Gasteiger charge is -2.26. The van der Waals surface area contributed by atoms with Crippen LogP contribution in [0, 0.1) is 0 Å². The van der Waals surface area contributed by atoms with E-state index in [1.165, 1.54) is 12.8 Å². The fourth-order valence-electron chi connectivity index (χ4n) is 2.83. The second kappa shape index (κ2) is 7.90. The van der Waals surface area contributed by atoms with E-state index in [1.807, 2.05) is 24.3 Å². The highest BCUT2D eigenvalue weighted by Crippen LogP contribution is 2.18. The monoisotopic (exact) mass is 335 g/mol. The van der Waals surface area contributed by atoms with Crippen LogP contribution < -0.4 is 0 Å². The summed E-state index contributed by atoms with van der Waals surface area (Å²) in [7, 11) is 2.05. The van der Waals surface area contributed by atoms with Crippen LogP contribution in [0.15, 0.2) is 28.8 Å². The van der Waals surface area contributed by atoms with Crippen LogP contribution in [-0.2, 0) is 17.7 Å². The molecule has 23 heavy (non-hydrogen) atoms. The molecule has 1 unspecified atom stereocenters. The molecule has 1 fully saturated rings. The molecule has 0 aliphatic carbocycles. The van der Waals surface area contributed by atoms with Crippen LogP contribution in [0.25, 0.3) is 0 Å². The Bertz CT molecular complexity index is 626. The van der Waals surface area contributed by atoms with Crippen molar-refractivity contribution in [3.8, 4) is 0 Å². The first-order valence-corrected chi connectivity index (χ1v) is 8.43. The molecule has 0 N–H and O–H groups in total. The van der Waals surface area contributed by atoms with E-state index in [2.05, 4.69) is 22.1 Å². The predicted octanol–water partition coefficient (Wildman–Crippen LogP) is 3.31. The van der Waals surface area contributed by atoms with E-state index in [-0.39, 0.29) is 0 Å². The molecule has 2 heterocycles. The number of nitrogens with zero attached hydrogens (tertiary/aromatic N) is 3. The first-order valence-electron chi connectivity index (χ1n) is 8.06. The fraction of sp³-hybridized carbons (Fsp3) is 0.529. The summed E-state index contributed by atoms with van der Waals surface area (Å²) >= 11 is 6.17. The molecule has 6 heteroatoms. The average Bonchev–Trinajstić information content (AvgIpc) is 2.97. The number of benzene rings is 1. The number of aromatic nitrogens is 2. The van der Waals surface area contributed by atoms with Crippen molar-refractivity contribution in [1.82, 2.24) is 15.0 Å². The predicted molar refractivity (Wildman–Crippen MR) is 88.5 cm³/mol. The number of rotatable bonds is 6. The van der Waals surface area contributed by atoms with Gasteiger partial charge in [-0.2, -0.15) is 4.98 Å². The quantitative estimate of drug-likeness (QED) is 0.810. The minimum atomic E-state index is 0.319. The molecular weight excluding hydrogens is 314 g/mol. The molecule has 1 aliphatic rings. The van der Waals surface area contributed by atoms with Gasteiger partial charge in [-0.05, 0) is 37.9 Å². The van der Waals surface area contributed by atoms with E-state index in [9.17, 15) is 0 Å². The van der Waals surface area contributed by atoms with Crippen LogP contribution in [0.2, 0.25) is 5.02 Å². The molecule has 1 aromatic heterocycles. The molecule has 0 radical (unpaired) electrons. The van der Waals surface area contributed by atoms with Crippen LogP contribution in [0.1, 0.15) is 36.5 Å². The molecule has 1 saturated heterocycles. The van der Waals surface area contributed by atoms with Gasteiger partial charge in [0.2, 0.25) is 5.89 Å². The van der Waals surface area contributed by atoms with Crippen molar-refractivity contribution in [2.75, 3.05) is 20.2 Å². The number of hydrogen-bond donors (Lipinski definition) is 0. The summed E-state index contributed by atoms with van der Waals surface area (Å²) in [5.74, 6) is 1.29. The van der Waals surface area contributed by atoms with Crippen molar-refractivity contribution in [1.29, 1.82) is 0 Å². The highest BCUT2D eigenvalue weighted by molar-refractivity contribution is 6.31. The zero-order valence-electron chi connectivity index (χ0n) is 13.4. The lowest BCUT2D eigenvalue weighted by atomic mass is 10.1. The van der Waals surface area contributed by atoms with Crippen LogP contribution in [-0.4, -0.2) is 41.3 Å². The third-order valence-electron chi connectivity index (χ3n) is 4.01. The van der Waals surface area contributed by atoms with Gasteiger partial charge in [-0.3, -0.25) is 4.90 Å². The van der Waals surface area contributed by atoms with Gasteiger partial charge in [-0.25, -0.2) is 0 Å². The minimum absolute atomic E-state index is 0.319. The fourth-order valence-corrected chi connectivity index (χ4v) is 3.04. The van der Waals surface area contributed by atoms with Gasteiger partial charge < -0.3 is 9.26 Å². The summed E-state index contributed by atoms with van der Waals surface area (Å²) in [5, 5.41) is 4.78. The summed E-state index contributed by atoms with van der Waals surface area (Å²) in [5.41, 5.74) is 1.01. The molecule has 1 aliphatic heterocycles. The largest absolute Gasteiger partial charge is 0.377 e. The van der Waals surface area contributed by atoms with E-state index in [0.29, 0.717) is 30.8 Å². The third-order valence-corrected chi connectivity index (χ3v) is 4.38. The van der Waals surface area contributed by atoms with E-state index < -0.39 is 0 Å². The highest BCUT2D eigenvalue weighted by atomic mass is 35.5. The van der Waals surface area contributed by atoms with Crippen LogP contribution >= 0.6 is 11.6 Å². The second-order valence-corrected chi connectivity index (χ2v) is 6.47. The number of hydrogen-bond acceptors (Lipinski definition) is 5. The van der Waals surface area contributed by atoms with Crippen molar-refractivity contribution >= 4 is 11.6 Å². The van der Waals surface area contributed by atoms with Gasteiger partial charge in [-0.1, -0.05) is 35.0 Å². The first kappa shape index (κ1) is 16.4. The number of likely N-dealkylation sites (N-methyl/N-ethyl adjacent to an activating group) is 1. The Hall–Kier alpha value is -1.43. The molecule has 3 rings (SSSR count). The molecule has 0 saturated carbocycles. The maximum absolute atomic E-state index is 6.17. The summed E-state index contributed by atoms with van der Waals surface area (Å²) in [6.45, 7) is 2.40. The van der Waals surface area contributed by atoms with Gasteiger partial charge in [-0.15, -0.1) is 0 Å². The molecule has 5 nitrogen and oxygen atoms in total. The summed E-state index contributed by atoms with van der Waals surface area (Å²) < 4.78 is 11.1. The first-order chi connectivity index (χ1) is 11.2. The van der Waals surface area contributed by atoms with Gasteiger partial charge in [0.25, 0.3) is 0 Å². The lowest BCUT2D eigenvalue weighted by Crippen LogP contribution is -2.33. The van der Waals surface area contributed by atoms with E-state index in [4.69, 9.17) is 20.9 Å². The van der Waals surface area contributed by atoms with Gasteiger partial charge in [0.1, 0.15) is 0 Å². The van der Waals surface area contributed by atoms with E-state index >= 15 is 0 Å². The smallest absolute Gasteiger partial charge is 0.240 e. The summed E-state index contributed by atoms with van der Waals surface area (Å²) in [6.07, 6.45) is 4.46. The Morgan fingerprint density at radius 3 is 2.96 bits per heavy atom. The number of ether oxygens (including phenoxy) is 1. The maximum atomic E-state index is 6.17. The van der Waals surface area contributed by atoms with Crippen LogP contribution in [0.5, 0.6) is 0 Å². The molecule has 1 atom stereocenters. The minimum Gasteiger partial charge on any atom is -0.377 e. The van der Waals surface area contributed by atoms with Gasteiger partial charge in [0.05, 0.1) is 12.6 Å². The molecule has 0 spiro atoms. The van der Waals surface area contributed by atoms with Gasteiger partial charge in [0, 0.05) is 24.6 Å². The van der Waals surface area contributed by atoms with Crippen molar-refractivity contribution in [2.45, 2.75) is 38.3 Å². The number of halogens is 1. The average molecular weight is 336 g/mol. The SMILES string of the molecule is CN(Cc1nc(Cc2ccccc2Cl)no1)CC1CCCCO1. The lowest BCUT2D eigenvalue weighted by molar-refractivity contribution is -0.00382. The van der Waals surface area contributed by atoms with Crippen molar-refractivity contribution < 1.29 is 9.26 Å². The zero-order valence-corrected chi connectivity index (χ0v) is 14.1. The molecule has 124 valence electrons. The Morgan fingerprint density at radius 1 is 1.30 bits per heavy atom. The topological polar surface area (TPSA) is 51.4 Å². The van der Waals surface area contributed by atoms with Crippen molar-refractivity contribution in [2.24, 2.45) is 0 Å². The van der Waals surface area contributed by atoms with E-state index in [1.54, 1.807) is 0 Å². The Balaban J connectivity index is 1.53. The Morgan fingerprint density at radius 2 is 2.17 bits per heavy atom. The Labute approximate surface area is 141 Å². The third kappa shape index (κ3) is 4.77. The van der Waals surface area contributed by atoms with Gasteiger partial charge in [0.15, 0.2) is 5.82 Å².